The predicted molar refractivity (Wildman–Crippen MR) is 82.1 cm³/mol. The number of thioether (sulfide) groups is 1. The highest BCUT2D eigenvalue weighted by Crippen LogP contribution is 2.23. The first-order valence-corrected chi connectivity index (χ1v) is 8.39. The zero-order chi connectivity index (χ0) is 14.5. The summed E-state index contributed by atoms with van der Waals surface area (Å²) >= 11 is 1.56. The third kappa shape index (κ3) is 3.52. The van der Waals surface area contributed by atoms with Crippen molar-refractivity contribution >= 4 is 23.6 Å². The van der Waals surface area contributed by atoms with E-state index in [0.717, 1.165) is 38.2 Å². The average molecular weight is 297 g/mol. The van der Waals surface area contributed by atoms with E-state index in [-0.39, 0.29) is 11.2 Å². The molecular formula is C13H23N5OS. The number of anilines is 1. The molecule has 6 nitrogen and oxygen atoms in total. The highest BCUT2D eigenvalue weighted by atomic mass is 32.2. The number of nitrogens with zero attached hydrogens (tertiary/aromatic N) is 3. The molecule has 20 heavy (non-hydrogen) atoms. The number of aromatic nitrogens is 3. The number of rotatable bonds is 5. The first kappa shape index (κ1) is 15.3. The summed E-state index contributed by atoms with van der Waals surface area (Å²) in [5.74, 6) is 1.81. The molecule has 1 unspecified atom stereocenters. The van der Waals surface area contributed by atoms with E-state index in [1.165, 1.54) is 0 Å². The molecule has 2 rings (SSSR count). The monoisotopic (exact) mass is 297 g/mol. The molecule has 1 fully saturated rings. The molecule has 1 aliphatic heterocycles. The van der Waals surface area contributed by atoms with E-state index in [2.05, 4.69) is 20.7 Å². The van der Waals surface area contributed by atoms with Crippen LogP contribution in [-0.4, -0.2) is 45.3 Å². The Hall–Kier alpha value is -1.08. The van der Waals surface area contributed by atoms with Gasteiger partial charge in [-0.3, -0.25) is 10.1 Å². The topological polar surface area (TPSA) is 71.8 Å². The Morgan fingerprint density at radius 1 is 1.55 bits per heavy atom. The summed E-state index contributed by atoms with van der Waals surface area (Å²) in [5, 5.41) is 10.6. The lowest BCUT2D eigenvalue weighted by Crippen LogP contribution is -2.27. The predicted octanol–water partition coefficient (Wildman–Crippen LogP) is 1.36. The van der Waals surface area contributed by atoms with Gasteiger partial charge in [-0.2, -0.15) is 21.8 Å². The van der Waals surface area contributed by atoms with E-state index in [4.69, 9.17) is 0 Å². The van der Waals surface area contributed by atoms with Crippen LogP contribution < -0.4 is 10.6 Å². The molecule has 1 atom stereocenters. The van der Waals surface area contributed by atoms with Crippen LogP contribution in [0.15, 0.2) is 0 Å². The minimum Gasteiger partial charge on any atom is -0.317 e. The largest absolute Gasteiger partial charge is 0.317 e. The normalized spacial score (nSPS) is 17.9. The summed E-state index contributed by atoms with van der Waals surface area (Å²) in [6.45, 7) is 4.03. The van der Waals surface area contributed by atoms with E-state index in [0.29, 0.717) is 11.9 Å². The molecule has 2 N–H and O–H groups in total. The highest BCUT2D eigenvalue weighted by molar-refractivity contribution is 7.99. The Bertz CT molecular complexity index is 452. The second-order valence-corrected chi connectivity index (χ2v) is 6.10. The van der Waals surface area contributed by atoms with Crippen molar-refractivity contribution < 1.29 is 4.79 Å². The fourth-order valence-electron chi connectivity index (χ4n) is 2.42. The first-order valence-electron chi connectivity index (χ1n) is 7.11. The van der Waals surface area contributed by atoms with Crippen LogP contribution in [0.4, 0.5) is 5.95 Å². The molecule has 112 valence electrons. The number of piperidine rings is 1. The lowest BCUT2D eigenvalue weighted by molar-refractivity contribution is -0.115. The molecule has 1 saturated heterocycles. The molecule has 0 radical (unpaired) electrons. The summed E-state index contributed by atoms with van der Waals surface area (Å²) in [6.07, 6.45) is 4.87. The second kappa shape index (κ2) is 7.08. The van der Waals surface area contributed by atoms with Gasteiger partial charge in [0.1, 0.15) is 0 Å². The van der Waals surface area contributed by atoms with E-state index in [1.807, 2.05) is 20.2 Å². The molecule has 0 saturated carbocycles. The van der Waals surface area contributed by atoms with Gasteiger partial charge in [-0.25, -0.2) is 4.68 Å². The molecule has 0 aliphatic carbocycles. The van der Waals surface area contributed by atoms with Crippen LogP contribution in [-0.2, 0) is 11.8 Å². The van der Waals surface area contributed by atoms with Crippen LogP contribution in [0.1, 0.15) is 37.9 Å². The van der Waals surface area contributed by atoms with Crippen molar-refractivity contribution in [3.05, 3.63) is 5.82 Å². The number of hydrogen-bond donors (Lipinski definition) is 2. The zero-order valence-corrected chi connectivity index (χ0v) is 13.2. The highest BCUT2D eigenvalue weighted by Gasteiger charge is 2.22. The fraction of sp³-hybridized carbons (Fsp3) is 0.769. The van der Waals surface area contributed by atoms with Gasteiger partial charge >= 0.3 is 0 Å². The SMILES string of the molecule is CCC(SC)C(=O)Nc1nc(C2CCNCC2)nn1C. The van der Waals surface area contributed by atoms with Crippen molar-refractivity contribution in [2.24, 2.45) is 7.05 Å². The number of amides is 1. The third-order valence-corrected chi connectivity index (χ3v) is 4.78. The van der Waals surface area contributed by atoms with Gasteiger partial charge in [-0.15, -0.1) is 0 Å². The maximum atomic E-state index is 12.1. The summed E-state index contributed by atoms with van der Waals surface area (Å²) in [6, 6.07) is 0. The van der Waals surface area contributed by atoms with Crippen molar-refractivity contribution in [2.45, 2.75) is 37.4 Å². The number of carbonyl (C=O) groups is 1. The average Bonchev–Trinajstić information content (AvgIpc) is 2.82. The van der Waals surface area contributed by atoms with Crippen molar-refractivity contribution in [1.29, 1.82) is 0 Å². The number of hydrogen-bond acceptors (Lipinski definition) is 5. The molecule has 1 aromatic rings. The van der Waals surface area contributed by atoms with Gasteiger partial charge in [0, 0.05) is 13.0 Å². The Morgan fingerprint density at radius 2 is 2.25 bits per heavy atom. The van der Waals surface area contributed by atoms with Crippen molar-refractivity contribution in [3.63, 3.8) is 0 Å². The Balaban J connectivity index is 2.05. The maximum absolute atomic E-state index is 12.1. The molecule has 7 heteroatoms. The molecule has 0 spiro atoms. The minimum atomic E-state index is -0.0333. The standard InChI is InChI=1S/C13H23N5OS/c1-4-10(20-3)12(19)16-13-15-11(17-18(13)2)9-5-7-14-8-6-9/h9-10,14H,4-8H2,1-3H3,(H,15,16,17,19). The fourth-order valence-corrected chi connectivity index (χ4v) is 3.02. The smallest absolute Gasteiger partial charge is 0.239 e. The van der Waals surface area contributed by atoms with Crippen LogP contribution >= 0.6 is 11.8 Å². The van der Waals surface area contributed by atoms with Gasteiger partial charge < -0.3 is 5.32 Å². The van der Waals surface area contributed by atoms with Crippen molar-refractivity contribution in [2.75, 3.05) is 24.7 Å². The molecule has 1 amide bonds. The summed E-state index contributed by atoms with van der Waals surface area (Å²) in [4.78, 5) is 16.6. The molecule has 1 aliphatic rings. The minimum absolute atomic E-state index is 0.00682. The summed E-state index contributed by atoms with van der Waals surface area (Å²) in [7, 11) is 1.83. The van der Waals surface area contributed by atoms with E-state index in [9.17, 15) is 4.79 Å². The van der Waals surface area contributed by atoms with Gasteiger partial charge in [0.15, 0.2) is 5.82 Å². The second-order valence-electron chi connectivity index (χ2n) is 5.06. The Labute approximate surface area is 124 Å². The van der Waals surface area contributed by atoms with Gasteiger partial charge in [0.25, 0.3) is 0 Å². The van der Waals surface area contributed by atoms with Crippen LogP contribution in [0.5, 0.6) is 0 Å². The first-order chi connectivity index (χ1) is 9.65. The van der Waals surface area contributed by atoms with Crippen LogP contribution in [0, 0.1) is 0 Å². The van der Waals surface area contributed by atoms with Crippen molar-refractivity contribution in [3.8, 4) is 0 Å². The van der Waals surface area contributed by atoms with Crippen LogP contribution in [0.25, 0.3) is 0 Å². The zero-order valence-electron chi connectivity index (χ0n) is 12.3. The van der Waals surface area contributed by atoms with E-state index < -0.39 is 0 Å². The summed E-state index contributed by atoms with van der Waals surface area (Å²) in [5.41, 5.74) is 0. The molecule has 1 aromatic heterocycles. The lowest BCUT2D eigenvalue weighted by atomic mass is 9.98. The quantitative estimate of drug-likeness (QED) is 0.858. The van der Waals surface area contributed by atoms with E-state index >= 15 is 0 Å². The maximum Gasteiger partial charge on any atom is 0.239 e. The Kier molecular flexibility index (Phi) is 5.42. The molecule has 2 heterocycles. The lowest BCUT2D eigenvalue weighted by Gasteiger charge is -2.19. The summed E-state index contributed by atoms with van der Waals surface area (Å²) < 4.78 is 1.67. The number of aryl methyl sites for hydroxylation is 1. The van der Waals surface area contributed by atoms with Crippen LogP contribution in [0.2, 0.25) is 0 Å². The number of nitrogens with one attached hydrogen (secondary N) is 2. The third-order valence-electron chi connectivity index (χ3n) is 3.67. The van der Waals surface area contributed by atoms with Crippen molar-refractivity contribution in [1.82, 2.24) is 20.1 Å². The van der Waals surface area contributed by atoms with Gasteiger partial charge in [0.2, 0.25) is 11.9 Å². The molecule has 0 aromatic carbocycles. The van der Waals surface area contributed by atoms with Gasteiger partial charge in [0.05, 0.1) is 5.25 Å². The molecular weight excluding hydrogens is 274 g/mol. The van der Waals surface area contributed by atoms with E-state index in [1.54, 1.807) is 16.4 Å². The van der Waals surface area contributed by atoms with Gasteiger partial charge in [-0.05, 0) is 38.6 Å². The van der Waals surface area contributed by atoms with Gasteiger partial charge in [-0.1, -0.05) is 6.92 Å². The Morgan fingerprint density at radius 3 is 2.85 bits per heavy atom. The number of carbonyl (C=O) groups excluding carboxylic acids is 1. The van der Waals surface area contributed by atoms with Crippen LogP contribution in [0.3, 0.4) is 0 Å². The molecule has 0 bridgehead atoms.